The van der Waals surface area contributed by atoms with E-state index in [0.29, 0.717) is 13.0 Å². The zero-order chi connectivity index (χ0) is 23.0. The van der Waals surface area contributed by atoms with Gasteiger partial charge in [0.2, 0.25) is 5.91 Å². The third-order valence-electron chi connectivity index (χ3n) is 5.30. The summed E-state index contributed by atoms with van der Waals surface area (Å²) in [5.74, 6) is 1.42. The lowest BCUT2D eigenvalue weighted by atomic mass is 10.1. The Balaban J connectivity index is 1.36. The van der Waals surface area contributed by atoms with Crippen molar-refractivity contribution < 1.29 is 19.0 Å². The molecule has 170 valence electrons. The summed E-state index contributed by atoms with van der Waals surface area (Å²) >= 11 is 0. The number of para-hydroxylation sites is 1. The number of anilines is 1. The van der Waals surface area contributed by atoms with Crippen molar-refractivity contribution in [1.29, 1.82) is 0 Å². The lowest BCUT2D eigenvalue weighted by Crippen LogP contribution is -2.16. The number of amides is 1. The molecule has 4 aromatic rings. The van der Waals surface area contributed by atoms with Gasteiger partial charge >= 0.3 is 0 Å². The highest BCUT2D eigenvalue weighted by atomic mass is 16.7. The van der Waals surface area contributed by atoms with Gasteiger partial charge in [-0.3, -0.25) is 9.48 Å². The summed E-state index contributed by atoms with van der Waals surface area (Å²) in [5.41, 5.74) is 2.58. The molecule has 0 radical (unpaired) electrons. The lowest BCUT2D eigenvalue weighted by molar-refractivity contribution is -0.115. The molecule has 0 saturated carbocycles. The van der Waals surface area contributed by atoms with Crippen LogP contribution in [0.25, 0.3) is 10.9 Å². The molecule has 1 aromatic heterocycles. The van der Waals surface area contributed by atoms with Gasteiger partial charge in [0.25, 0.3) is 0 Å². The van der Waals surface area contributed by atoms with Crippen molar-refractivity contribution >= 4 is 22.5 Å². The lowest BCUT2D eigenvalue weighted by Gasteiger charge is -2.13. The number of carbonyl (C=O) groups excluding carboxylic acids is 1. The molecule has 0 aliphatic heterocycles. The predicted molar refractivity (Wildman–Crippen MR) is 127 cm³/mol. The van der Waals surface area contributed by atoms with Gasteiger partial charge in [0.1, 0.15) is 11.5 Å². The van der Waals surface area contributed by atoms with E-state index >= 15 is 0 Å². The quantitative estimate of drug-likeness (QED) is 0.347. The maximum atomic E-state index is 12.6. The summed E-state index contributed by atoms with van der Waals surface area (Å²) in [5, 5.41) is 8.43. The van der Waals surface area contributed by atoms with Crippen LogP contribution < -0.4 is 10.1 Å². The molecule has 0 aliphatic carbocycles. The van der Waals surface area contributed by atoms with Gasteiger partial charge in [0, 0.05) is 38.3 Å². The molecule has 0 fully saturated rings. The molecule has 3 aromatic carbocycles. The second-order valence-corrected chi connectivity index (χ2v) is 7.61. The molecule has 4 rings (SSSR count). The van der Waals surface area contributed by atoms with E-state index in [0.717, 1.165) is 33.7 Å². The SMILES string of the molecule is COC(CCn1ncc2ccc(NC(=O)Cc3ccc(Oc4ccccc4)cc3)cc21)OC. The Labute approximate surface area is 192 Å². The average Bonchev–Trinajstić information content (AvgIpc) is 3.24. The molecular formula is C26H27N3O4. The normalized spacial score (nSPS) is 11.1. The standard InChI is InChI=1S/C26H27N3O4/c1-31-26(32-2)14-15-29-24-17-21(11-10-20(24)18-27-29)28-25(30)16-19-8-12-23(13-9-19)33-22-6-4-3-5-7-22/h3-13,17-18,26H,14-16H2,1-2H3,(H,28,30). The monoisotopic (exact) mass is 445 g/mol. The number of nitrogens with zero attached hydrogens (tertiary/aromatic N) is 2. The minimum absolute atomic E-state index is 0.0871. The summed E-state index contributed by atoms with van der Waals surface area (Å²) in [7, 11) is 3.24. The van der Waals surface area contributed by atoms with Crippen molar-refractivity contribution in [2.75, 3.05) is 19.5 Å². The Morgan fingerprint density at radius 1 is 0.970 bits per heavy atom. The van der Waals surface area contributed by atoms with Gasteiger partial charge in [-0.05, 0) is 48.0 Å². The van der Waals surface area contributed by atoms with Crippen molar-refractivity contribution in [3.05, 3.63) is 84.6 Å². The van der Waals surface area contributed by atoms with Crippen molar-refractivity contribution in [2.24, 2.45) is 0 Å². The molecule has 0 bridgehead atoms. The topological polar surface area (TPSA) is 74.6 Å². The molecule has 1 heterocycles. The number of aromatic nitrogens is 2. The second-order valence-electron chi connectivity index (χ2n) is 7.61. The summed E-state index contributed by atoms with van der Waals surface area (Å²) in [4.78, 5) is 12.6. The number of aryl methyl sites for hydroxylation is 1. The number of hydrogen-bond acceptors (Lipinski definition) is 5. The molecular weight excluding hydrogens is 418 g/mol. The summed E-state index contributed by atoms with van der Waals surface area (Å²) in [6.07, 6.45) is 2.47. The molecule has 7 nitrogen and oxygen atoms in total. The van der Waals surface area contributed by atoms with Crippen LogP contribution in [-0.2, 0) is 27.2 Å². The maximum absolute atomic E-state index is 12.6. The first-order valence-electron chi connectivity index (χ1n) is 10.8. The van der Waals surface area contributed by atoms with Gasteiger partial charge in [0.15, 0.2) is 6.29 Å². The van der Waals surface area contributed by atoms with Crippen LogP contribution in [0.4, 0.5) is 5.69 Å². The average molecular weight is 446 g/mol. The Morgan fingerprint density at radius 3 is 2.42 bits per heavy atom. The second kappa shape index (κ2) is 10.8. The summed E-state index contributed by atoms with van der Waals surface area (Å²) < 4.78 is 18.2. The van der Waals surface area contributed by atoms with Crippen molar-refractivity contribution in [3.63, 3.8) is 0 Å². The molecule has 33 heavy (non-hydrogen) atoms. The number of ether oxygens (including phenoxy) is 3. The number of rotatable bonds is 10. The highest BCUT2D eigenvalue weighted by molar-refractivity contribution is 5.94. The van der Waals surface area contributed by atoms with Crippen molar-refractivity contribution in [2.45, 2.75) is 25.7 Å². The zero-order valence-corrected chi connectivity index (χ0v) is 18.7. The molecule has 0 aliphatic rings. The maximum Gasteiger partial charge on any atom is 0.228 e. The third-order valence-corrected chi connectivity index (χ3v) is 5.30. The van der Waals surface area contributed by atoms with Gasteiger partial charge in [-0.15, -0.1) is 0 Å². The van der Waals surface area contributed by atoms with Crippen LogP contribution in [-0.4, -0.2) is 36.2 Å². The number of methoxy groups -OCH3 is 2. The van der Waals surface area contributed by atoms with Crippen LogP contribution in [0.15, 0.2) is 79.0 Å². The molecule has 0 unspecified atom stereocenters. The molecule has 0 atom stereocenters. The molecule has 1 amide bonds. The first kappa shape index (κ1) is 22.5. The first-order valence-corrected chi connectivity index (χ1v) is 10.8. The largest absolute Gasteiger partial charge is 0.457 e. The van der Waals surface area contributed by atoms with E-state index in [1.807, 2.05) is 83.7 Å². The van der Waals surface area contributed by atoms with Crippen LogP contribution in [0.2, 0.25) is 0 Å². The van der Waals surface area contributed by atoms with Gasteiger partial charge in [-0.1, -0.05) is 30.3 Å². The number of nitrogens with one attached hydrogen (secondary N) is 1. The van der Waals surface area contributed by atoms with E-state index in [1.165, 1.54) is 0 Å². The van der Waals surface area contributed by atoms with E-state index in [4.69, 9.17) is 14.2 Å². The van der Waals surface area contributed by atoms with E-state index < -0.39 is 0 Å². The number of fused-ring (bicyclic) bond motifs is 1. The minimum Gasteiger partial charge on any atom is -0.457 e. The molecule has 0 spiro atoms. The number of benzene rings is 3. The van der Waals surface area contributed by atoms with Crippen molar-refractivity contribution in [3.8, 4) is 11.5 Å². The van der Waals surface area contributed by atoms with Gasteiger partial charge < -0.3 is 19.5 Å². The van der Waals surface area contributed by atoms with Crippen LogP contribution in [0, 0.1) is 0 Å². The van der Waals surface area contributed by atoms with E-state index in [-0.39, 0.29) is 18.6 Å². The van der Waals surface area contributed by atoms with Crippen LogP contribution in [0.3, 0.4) is 0 Å². The zero-order valence-electron chi connectivity index (χ0n) is 18.7. The third kappa shape index (κ3) is 5.97. The molecule has 0 saturated heterocycles. The van der Waals surface area contributed by atoms with Crippen LogP contribution in [0.1, 0.15) is 12.0 Å². The number of carbonyl (C=O) groups is 1. The molecule has 1 N–H and O–H groups in total. The highest BCUT2D eigenvalue weighted by Crippen LogP contribution is 2.22. The highest BCUT2D eigenvalue weighted by Gasteiger charge is 2.10. The predicted octanol–water partition coefficient (Wildman–Crippen LogP) is 5.02. The van der Waals surface area contributed by atoms with E-state index in [1.54, 1.807) is 14.2 Å². The first-order chi connectivity index (χ1) is 16.1. The van der Waals surface area contributed by atoms with Crippen LogP contribution >= 0.6 is 0 Å². The van der Waals surface area contributed by atoms with Gasteiger partial charge in [0.05, 0.1) is 18.1 Å². The fourth-order valence-electron chi connectivity index (χ4n) is 3.58. The fraction of sp³-hybridized carbons (Fsp3) is 0.231. The molecule has 7 heteroatoms. The van der Waals surface area contributed by atoms with Crippen molar-refractivity contribution in [1.82, 2.24) is 9.78 Å². The summed E-state index contributed by atoms with van der Waals surface area (Å²) in [6, 6.07) is 22.9. The van der Waals surface area contributed by atoms with Gasteiger partial charge in [-0.2, -0.15) is 5.10 Å². The van der Waals surface area contributed by atoms with Gasteiger partial charge in [-0.25, -0.2) is 0 Å². The van der Waals surface area contributed by atoms with E-state index in [2.05, 4.69) is 10.4 Å². The smallest absolute Gasteiger partial charge is 0.228 e. The Bertz CT molecular complexity index is 1190. The Hall–Kier alpha value is -3.68. The minimum atomic E-state index is -0.281. The Morgan fingerprint density at radius 2 is 1.70 bits per heavy atom. The van der Waals surface area contributed by atoms with Crippen LogP contribution in [0.5, 0.6) is 11.5 Å². The fourth-order valence-corrected chi connectivity index (χ4v) is 3.58. The Kier molecular flexibility index (Phi) is 7.34. The summed E-state index contributed by atoms with van der Waals surface area (Å²) in [6.45, 7) is 0.643. The number of hydrogen-bond donors (Lipinski definition) is 1. The van der Waals surface area contributed by atoms with E-state index in [9.17, 15) is 4.79 Å².